The first-order valence-corrected chi connectivity index (χ1v) is 6.11. The van der Waals surface area contributed by atoms with E-state index in [0.717, 1.165) is 6.07 Å². The fourth-order valence-electron chi connectivity index (χ4n) is 1.51. The van der Waals surface area contributed by atoms with Crippen LogP contribution in [0.5, 0.6) is 0 Å². The number of nitrogen functional groups attached to an aromatic ring is 1. The SMILES string of the molecule is Cc1nc(N)nc(Sc2ccc(F)cc2F)c1[N+](=O)[O-]. The summed E-state index contributed by atoms with van der Waals surface area (Å²) >= 11 is 0.692. The van der Waals surface area contributed by atoms with Crippen LogP contribution in [0.25, 0.3) is 0 Å². The number of hydrogen-bond donors (Lipinski definition) is 1. The summed E-state index contributed by atoms with van der Waals surface area (Å²) in [6.07, 6.45) is 0. The molecule has 0 fully saturated rings. The highest BCUT2D eigenvalue weighted by molar-refractivity contribution is 7.99. The van der Waals surface area contributed by atoms with Crippen LogP contribution in [-0.2, 0) is 0 Å². The Morgan fingerprint density at radius 2 is 2.05 bits per heavy atom. The summed E-state index contributed by atoms with van der Waals surface area (Å²) in [6.45, 7) is 1.40. The third-order valence-electron chi connectivity index (χ3n) is 2.33. The molecule has 2 N–H and O–H groups in total. The van der Waals surface area contributed by atoms with E-state index in [-0.39, 0.29) is 27.3 Å². The van der Waals surface area contributed by atoms with E-state index in [9.17, 15) is 18.9 Å². The van der Waals surface area contributed by atoms with E-state index >= 15 is 0 Å². The molecule has 0 unspecified atom stereocenters. The molecule has 0 spiro atoms. The van der Waals surface area contributed by atoms with Crippen LogP contribution < -0.4 is 5.73 Å². The van der Waals surface area contributed by atoms with Gasteiger partial charge < -0.3 is 5.73 Å². The van der Waals surface area contributed by atoms with E-state index in [1.807, 2.05) is 0 Å². The van der Waals surface area contributed by atoms with Crippen molar-refractivity contribution in [1.82, 2.24) is 9.97 Å². The molecule has 20 heavy (non-hydrogen) atoms. The molecule has 0 bridgehead atoms. The standard InChI is InChI=1S/C11H8F2N4O2S/c1-5-9(17(18)19)10(16-11(14)15-5)20-8-3-2-6(12)4-7(8)13/h2-4H,1H3,(H2,14,15,16). The number of nitrogens with zero attached hydrogens (tertiary/aromatic N) is 3. The smallest absolute Gasteiger partial charge is 0.322 e. The van der Waals surface area contributed by atoms with Gasteiger partial charge in [-0.2, -0.15) is 4.98 Å². The van der Waals surface area contributed by atoms with Crippen molar-refractivity contribution in [3.63, 3.8) is 0 Å². The second-order valence-electron chi connectivity index (χ2n) is 3.75. The number of rotatable bonds is 3. The molecule has 1 aromatic carbocycles. The third kappa shape index (κ3) is 2.82. The molecular formula is C11H8F2N4O2S. The monoisotopic (exact) mass is 298 g/mol. The van der Waals surface area contributed by atoms with Crippen molar-refractivity contribution < 1.29 is 13.7 Å². The Bertz CT molecular complexity index is 696. The van der Waals surface area contributed by atoms with Crippen LogP contribution in [0.4, 0.5) is 20.4 Å². The zero-order valence-electron chi connectivity index (χ0n) is 10.1. The summed E-state index contributed by atoms with van der Waals surface area (Å²) in [4.78, 5) is 17.8. The fraction of sp³-hybridized carbons (Fsp3) is 0.0909. The van der Waals surface area contributed by atoms with Crippen LogP contribution >= 0.6 is 11.8 Å². The summed E-state index contributed by atoms with van der Waals surface area (Å²) in [5, 5.41) is 10.9. The van der Waals surface area contributed by atoms with Gasteiger partial charge in [0.1, 0.15) is 17.3 Å². The van der Waals surface area contributed by atoms with Crippen LogP contribution in [0.2, 0.25) is 0 Å². The van der Waals surface area contributed by atoms with Gasteiger partial charge in [0, 0.05) is 11.0 Å². The Labute approximate surface area is 116 Å². The van der Waals surface area contributed by atoms with Gasteiger partial charge in [-0.15, -0.1) is 0 Å². The summed E-state index contributed by atoms with van der Waals surface area (Å²) in [5.41, 5.74) is 5.16. The summed E-state index contributed by atoms with van der Waals surface area (Å²) in [6, 6.07) is 2.91. The molecule has 6 nitrogen and oxygen atoms in total. The van der Waals surface area contributed by atoms with Crippen molar-refractivity contribution in [2.24, 2.45) is 0 Å². The Hall–Kier alpha value is -2.29. The molecule has 1 heterocycles. The van der Waals surface area contributed by atoms with Gasteiger partial charge in [-0.25, -0.2) is 13.8 Å². The second kappa shape index (κ2) is 5.37. The van der Waals surface area contributed by atoms with Gasteiger partial charge in [-0.3, -0.25) is 10.1 Å². The Kier molecular flexibility index (Phi) is 3.79. The molecule has 104 valence electrons. The van der Waals surface area contributed by atoms with E-state index in [1.54, 1.807) is 0 Å². The Morgan fingerprint density at radius 1 is 1.35 bits per heavy atom. The molecule has 0 aliphatic heterocycles. The van der Waals surface area contributed by atoms with E-state index in [0.29, 0.717) is 17.8 Å². The molecule has 1 aromatic heterocycles. The maximum absolute atomic E-state index is 13.6. The van der Waals surface area contributed by atoms with Crippen molar-refractivity contribution in [2.45, 2.75) is 16.8 Å². The lowest BCUT2D eigenvalue weighted by molar-refractivity contribution is -0.389. The highest BCUT2D eigenvalue weighted by Crippen LogP contribution is 2.36. The van der Waals surface area contributed by atoms with Gasteiger partial charge in [0.15, 0.2) is 5.03 Å². The van der Waals surface area contributed by atoms with Crippen molar-refractivity contribution in [3.05, 3.63) is 45.6 Å². The lowest BCUT2D eigenvalue weighted by atomic mass is 10.3. The minimum Gasteiger partial charge on any atom is -0.368 e. The van der Waals surface area contributed by atoms with E-state index in [4.69, 9.17) is 5.73 Å². The minimum atomic E-state index is -0.834. The molecule has 0 atom stereocenters. The normalized spacial score (nSPS) is 10.6. The zero-order valence-corrected chi connectivity index (χ0v) is 10.9. The number of anilines is 1. The van der Waals surface area contributed by atoms with Crippen molar-refractivity contribution in [3.8, 4) is 0 Å². The quantitative estimate of drug-likeness (QED) is 0.532. The Morgan fingerprint density at radius 3 is 2.65 bits per heavy atom. The topological polar surface area (TPSA) is 94.9 Å². The number of halogens is 2. The molecule has 0 aliphatic rings. The Balaban J connectivity index is 2.50. The van der Waals surface area contributed by atoms with Crippen molar-refractivity contribution >= 4 is 23.4 Å². The average molecular weight is 298 g/mol. The number of nitro groups is 1. The molecule has 2 aromatic rings. The van der Waals surface area contributed by atoms with Gasteiger partial charge in [0.05, 0.1) is 4.92 Å². The number of benzene rings is 1. The van der Waals surface area contributed by atoms with Gasteiger partial charge in [-0.1, -0.05) is 11.8 Å². The van der Waals surface area contributed by atoms with Crippen LogP contribution in [0.1, 0.15) is 5.69 Å². The molecule has 0 saturated heterocycles. The number of hydrogen-bond acceptors (Lipinski definition) is 6. The predicted octanol–water partition coefficient (Wildman–Crippen LogP) is 2.70. The molecule has 0 amide bonds. The first kappa shape index (κ1) is 14.1. The number of aromatic nitrogens is 2. The largest absolute Gasteiger partial charge is 0.368 e. The van der Waals surface area contributed by atoms with Crippen molar-refractivity contribution in [1.29, 1.82) is 0 Å². The molecule has 0 aliphatic carbocycles. The fourth-order valence-corrected chi connectivity index (χ4v) is 2.46. The molecular weight excluding hydrogens is 290 g/mol. The van der Waals surface area contributed by atoms with E-state index in [2.05, 4.69) is 9.97 Å². The van der Waals surface area contributed by atoms with Crippen LogP contribution in [0, 0.1) is 28.7 Å². The first-order chi connectivity index (χ1) is 9.38. The van der Waals surface area contributed by atoms with Crippen molar-refractivity contribution in [2.75, 3.05) is 5.73 Å². The first-order valence-electron chi connectivity index (χ1n) is 5.30. The highest BCUT2D eigenvalue weighted by Gasteiger charge is 2.23. The third-order valence-corrected chi connectivity index (χ3v) is 3.36. The van der Waals surface area contributed by atoms with Crippen LogP contribution in [0.15, 0.2) is 28.1 Å². The van der Waals surface area contributed by atoms with Crippen LogP contribution in [-0.4, -0.2) is 14.9 Å². The molecule has 0 radical (unpaired) electrons. The highest BCUT2D eigenvalue weighted by atomic mass is 32.2. The lowest BCUT2D eigenvalue weighted by Gasteiger charge is -2.06. The summed E-state index contributed by atoms with van der Waals surface area (Å²) < 4.78 is 26.4. The maximum atomic E-state index is 13.6. The molecule has 0 saturated carbocycles. The summed E-state index contributed by atoms with van der Waals surface area (Å²) in [7, 11) is 0. The average Bonchev–Trinajstić information content (AvgIpc) is 2.31. The second-order valence-corrected chi connectivity index (χ2v) is 4.79. The van der Waals surface area contributed by atoms with E-state index < -0.39 is 16.6 Å². The minimum absolute atomic E-state index is 0.00648. The van der Waals surface area contributed by atoms with Gasteiger partial charge in [-0.05, 0) is 19.1 Å². The zero-order chi connectivity index (χ0) is 14.9. The molecule has 9 heteroatoms. The number of nitrogens with two attached hydrogens (primary N) is 1. The van der Waals surface area contributed by atoms with Crippen LogP contribution in [0.3, 0.4) is 0 Å². The summed E-state index contributed by atoms with van der Waals surface area (Å²) in [5.74, 6) is -1.73. The van der Waals surface area contributed by atoms with Gasteiger partial charge in [0.2, 0.25) is 5.95 Å². The van der Waals surface area contributed by atoms with E-state index in [1.165, 1.54) is 13.0 Å². The number of aryl methyl sites for hydroxylation is 1. The maximum Gasteiger partial charge on any atom is 0.322 e. The van der Waals surface area contributed by atoms with Gasteiger partial charge in [0.25, 0.3) is 0 Å². The molecule has 2 rings (SSSR count). The van der Waals surface area contributed by atoms with Gasteiger partial charge >= 0.3 is 5.69 Å². The predicted molar refractivity (Wildman–Crippen MR) is 68.3 cm³/mol. The lowest BCUT2D eigenvalue weighted by Crippen LogP contribution is -2.04.